The van der Waals surface area contributed by atoms with Gasteiger partial charge in [-0.15, -0.1) is 11.8 Å². The number of nitrogens with one attached hydrogen (secondary N) is 2. The standard InChI is InChI=1S/C16H17N3O3S/c1-2-22-16(21)11-8-18-14-13(11)10-7-9(23-6-5-17)3-4-12(10)19-15(14)20/h3-4,7-8,18H,2,5-6,17H2,1H3,(H,19,20). The minimum atomic E-state index is -0.439. The molecule has 0 aliphatic heterocycles. The smallest absolute Gasteiger partial charge is 0.340 e. The Hall–Kier alpha value is -2.25. The molecule has 23 heavy (non-hydrogen) atoms. The number of esters is 1. The van der Waals surface area contributed by atoms with E-state index in [1.807, 2.05) is 18.2 Å². The number of nitrogens with two attached hydrogens (primary N) is 1. The number of benzene rings is 1. The number of aromatic nitrogens is 2. The van der Waals surface area contributed by atoms with E-state index in [2.05, 4.69) is 9.97 Å². The summed E-state index contributed by atoms with van der Waals surface area (Å²) in [5.74, 6) is 0.362. The van der Waals surface area contributed by atoms with Crippen molar-refractivity contribution in [2.45, 2.75) is 11.8 Å². The molecular formula is C16H17N3O3S. The number of fused-ring (bicyclic) bond motifs is 3. The fourth-order valence-electron chi connectivity index (χ4n) is 2.54. The van der Waals surface area contributed by atoms with Gasteiger partial charge in [-0.25, -0.2) is 4.79 Å². The van der Waals surface area contributed by atoms with E-state index in [0.717, 1.165) is 16.0 Å². The molecule has 0 radical (unpaired) electrons. The number of rotatable bonds is 5. The van der Waals surface area contributed by atoms with Crippen LogP contribution in [0.25, 0.3) is 21.8 Å². The topological polar surface area (TPSA) is 101 Å². The second kappa shape index (κ2) is 6.47. The van der Waals surface area contributed by atoms with E-state index in [0.29, 0.717) is 28.5 Å². The van der Waals surface area contributed by atoms with Gasteiger partial charge in [-0.2, -0.15) is 0 Å². The fraction of sp³-hybridized carbons (Fsp3) is 0.250. The van der Waals surface area contributed by atoms with Crippen molar-refractivity contribution in [2.75, 3.05) is 18.9 Å². The van der Waals surface area contributed by atoms with E-state index in [1.165, 1.54) is 6.20 Å². The Labute approximate surface area is 136 Å². The highest BCUT2D eigenvalue weighted by Crippen LogP contribution is 2.29. The molecule has 0 unspecified atom stereocenters. The molecule has 7 heteroatoms. The zero-order chi connectivity index (χ0) is 16.4. The Morgan fingerprint density at radius 1 is 1.39 bits per heavy atom. The molecule has 120 valence electrons. The normalized spacial score (nSPS) is 11.2. The van der Waals surface area contributed by atoms with Crippen molar-refractivity contribution in [1.29, 1.82) is 0 Å². The van der Waals surface area contributed by atoms with Gasteiger partial charge in [-0.05, 0) is 25.1 Å². The molecule has 0 aliphatic carbocycles. The third-order valence-electron chi connectivity index (χ3n) is 3.50. The van der Waals surface area contributed by atoms with Gasteiger partial charge in [-0.3, -0.25) is 4.79 Å². The van der Waals surface area contributed by atoms with E-state index in [9.17, 15) is 9.59 Å². The Balaban J connectivity index is 2.26. The van der Waals surface area contributed by atoms with Gasteiger partial charge in [0, 0.05) is 39.7 Å². The lowest BCUT2D eigenvalue weighted by Gasteiger charge is -2.06. The van der Waals surface area contributed by atoms with Gasteiger partial charge in [0.25, 0.3) is 5.56 Å². The molecule has 0 aliphatic rings. The molecule has 2 aromatic heterocycles. The molecule has 6 nitrogen and oxygen atoms in total. The largest absolute Gasteiger partial charge is 0.462 e. The first-order valence-electron chi connectivity index (χ1n) is 7.32. The number of aromatic amines is 2. The first-order valence-corrected chi connectivity index (χ1v) is 8.31. The van der Waals surface area contributed by atoms with Gasteiger partial charge in [0.15, 0.2) is 0 Å². The predicted molar refractivity (Wildman–Crippen MR) is 92.2 cm³/mol. The number of carbonyl (C=O) groups excluding carboxylic acids is 1. The Morgan fingerprint density at radius 2 is 2.22 bits per heavy atom. The summed E-state index contributed by atoms with van der Waals surface area (Å²) in [6.45, 7) is 2.62. The summed E-state index contributed by atoms with van der Waals surface area (Å²) in [6, 6.07) is 5.74. The molecule has 0 saturated heterocycles. The van der Waals surface area contributed by atoms with Gasteiger partial charge >= 0.3 is 5.97 Å². The van der Waals surface area contributed by atoms with Crippen molar-refractivity contribution >= 4 is 39.5 Å². The SMILES string of the molecule is CCOC(=O)c1c[nH]c2c(=O)[nH]c3ccc(SCCN)cc3c12. The van der Waals surface area contributed by atoms with Gasteiger partial charge < -0.3 is 20.4 Å². The van der Waals surface area contributed by atoms with Crippen LogP contribution in [0.1, 0.15) is 17.3 Å². The molecule has 3 rings (SSSR count). The number of thioether (sulfide) groups is 1. The summed E-state index contributed by atoms with van der Waals surface area (Å²) >= 11 is 1.63. The molecule has 0 amide bonds. The summed E-state index contributed by atoms with van der Waals surface area (Å²) in [6.07, 6.45) is 1.52. The number of carbonyl (C=O) groups is 1. The van der Waals surface area contributed by atoms with Gasteiger partial charge in [0.1, 0.15) is 5.52 Å². The average molecular weight is 331 g/mol. The van der Waals surface area contributed by atoms with Crippen LogP contribution in [0.15, 0.2) is 34.1 Å². The molecule has 0 saturated carbocycles. The van der Waals surface area contributed by atoms with E-state index < -0.39 is 5.97 Å². The van der Waals surface area contributed by atoms with Crippen molar-refractivity contribution in [3.63, 3.8) is 0 Å². The molecule has 0 bridgehead atoms. The summed E-state index contributed by atoms with van der Waals surface area (Å²) in [4.78, 5) is 31.1. The van der Waals surface area contributed by atoms with Crippen molar-refractivity contribution in [1.82, 2.24) is 9.97 Å². The summed E-state index contributed by atoms with van der Waals surface area (Å²) in [5.41, 5.74) is 6.72. The van der Waals surface area contributed by atoms with Crippen LogP contribution in [0.2, 0.25) is 0 Å². The molecule has 0 spiro atoms. The van der Waals surface area contributed by atoms with Crippen LogP contribution >= 0.6 is 11.8 Å². The molecule has 0 atom stereocenters. The Morgan fingerprint density at radius 3 is 2.96 bits per heavy atom. The number of hydrogen-bond donors (Lipinski definition) is 3. The van der Waals surface area contributed by atoms with Crippen molar-refractivity contribution in [3.05, 3.63) is 40.3 Å². The third-order valence-corrected chi connectivity index (χ3v) is 4.52. The minimum Gasteiger partial charge on any atom is -0.462 e. The maximum absolute atomic E-state index is 12.2. The lowest BCUT2D eigenvalue weighted by Crippen LogP contribution is -2.08. The summed E-state index contributed by atoms with van der Waals surface area (Å²) < 4.78 is 5.09. The highest BCUT2D eigenvalue weighted by molar-refractivity contribution is 7.99. The third kappa shape index (κ3) is 2.85. The van der Waals surface area contributed by atoms with Gasteiger partial charge in [0.05, 0.1) is 12.2 Å². The number of hydrogen-bond acceptors (Lipinski definition) is 5. The van der Waals surface area contributed by atoms with Crippen LogP contribution in [0.4, 0.5) is 0 Å². The highest BCUT2D eigenvalue weighted by Gasteiger charge is 2.18. The maximum Gasteiger partial charge on any atom is 0.340 e. The van der Waals surface area contributed by atoms with Crippen LogP contribution in [-0.4, -0.2) is 34.8 Å². The molecule has 0 fully saturated rings. The maximum atomic E-state index is 12.2. The van der Waals surface area contributed by atoms with Crippen molar-refractivity contribution in [2.24, 2.45) is 5.73 Å². The van der Waals surface area contributed by atoms with Crippen LogP contribution in [0.5, 0.6) is 0 Å². The molecule has 3 aromatic rings. The van der Waals surface area contributed by atoms with E-state index >= 15 is 0 Å². The second-order valence-corrected chi connectivity index (χ2v) is 6.14. The fourth-order valence-corrected chi connectivity index (χ4v) is 3.26. The zero-order valence-corrected chi connectivity index (χ0v) is 13.5. The monoisotopic (exact) mass is 331 g/mol. The average Bonchev–Trinajstić information content (AvgIpc) is 2.99. The van der Waals surface area contributed by atoms with E-state index in [-0.39, 0.29) is 12.2 Å². The van der Waals surface area contributed by atoms with Crippen LogP contribution < -0.4 is 11.3 Å². The Bertz CT molecular complexity index is 929. The van der Waals surface area contributed by atoms with Crippen LogP contribution in [-0.2, 0) is 4.74 Å². The van der Waals surface area contributed by atoms with E-state index in [4.69, 9.17) is 10.5 Å². The van der Waals surface area contributed by atoms with Crippen LogP contribution in [0.3, 0.4) is 0 Å². The molecule has 1 aromatic carbocycles. The van der Waals surface area contributed by atoms with Gasteiger partial charge in [0.2, 0.25) is 0 Å². The molecule has 2 heterocycles. The number of ether oxygens (including phenoxy) is 1. The summed E-state index contributed by atoms with van der Waals surface area (Å²) in [7, 11) is 0. The summed E-state index contributed by atoms with van der Waals surface area (Å²) in [5, 5.41) is 1.41. The van der Waals surface area contributed by atoms with Crippen LogP contribution in [0, 0.1) is 0 Å². The lowest BCUT2D eigenvalue weighted by atomic mass is 10.1. The zero-order valence-electron chi connectivity index (χ0n) is 12.6. The second-order valence-electron chi connectivity index (χ2n) is 4.97. The molecular weight excluding hydrogens is 314 g/mol. The van der Waals surface area contributed by atoms with Crippen molar-refractivity contribution < 1.29 is 9.53 Å². The lowest BCUT2D eigenvalue weighted by molar-refractivity contribution is 0.0529. The van der Waals surface area contributed by atoms with Crippen molar-refractivity contribution in [3.8, 4) is 0 Å². The number of H-pyrrole nitrogens is 2. The van der Waals surface area contributed by atoms with Gasteiger partial charge in [-0.1, -0.05) is 0 Å². The first-order chi connectivity index (χ1) is 11.2. The molecule has 4 N–H and O–H groups in total. The minimum absolute atomic E-state index is 0.259. The first kappa shape index (κ1) is 15.6. The highest BCUT2D eigenvalue weighted by atomic mass is 32.2. The predicted octanol–water partition coefficient (Wildman–Crippen LogP) is 2.24. The number of pyridine rings is 1. The van der Waals surface area contributed by atoms with E-state index in [1.54, 1.807) is 18.7 Å². The quantitative estimate of drug-likeness (QED) is 0.492. The Kier molecular flexibility index (Phi) is 4.40.